The first-order valence-electron chi connectivity index (χ1n) is 4.33. The molecule has 0 radical (unpaired) electrons. The minimum atomic E-state index is -0.460. The molecule has 72 valence electrons. The quantitative estimate of drug-likeness (QED) is 0.531. The minimum absolute atomic E-state index is 0.190. The highest BCUT2D eigenvalue weighted by Gasteiger charge is 2.11. The van der Waals surface area contributed by atoms with E-state index in [1.165, 1.54) is 0 Å². The molecule has 12 heavy (non-hydrogen) atoms. The maximum atomic E-state index is 11.0. The smallest absolute Gasteiger partial charge is 0.236 e. The SMILES string of the molecule is CCC(O)CNC(=O)[C@H](N)CC. The summed E-state index contributed by atoms with van der Waals surface area (Å²) >= 11 is 0. The molecule has 0 aliphatic rings. The van der Waals surface area contributed by atoms with Crippen molar-refractivity contribution in [2.75, 3.05) is 6.54 Å². The zero-order valence-corrected chi connectivity index (χ0v) is 7.71. The molecular formula is C8H18N2O2. The van der Waals surface area contributed by atoms with Gasteiger partial charge in [0, 0.05) is 6.54 Å². The van der Waals surface area contributed by atoms with Gasteiger partial charge in [-0.2, -0.15) is 0 Å². The van der Waals surface area contributed by atoms with Gasteiger partial charge in [-0.25, -0.2) is 0 Å². The summed E-state index contributed by atoms with van der Waals surface area (Å²) in [5.74, 6) is -0.190. The van der Waals surface area contributed by atoms with Crippen LogP contribution in [0.15, 0.2) is 0 Å². The molecule has 0 bridgehead atoms. The van der Waals surface area contributed by atoms with E-state index in [1.54, 1.807) is 0 Å². The number of aliphatic hydroxyl groups excluding tert-OH is 1. The fourth-order valence-electron chi connectivity index (χ4n) is 0.679. The van der Waals surface area contributed by atoms with Crippen molar-refractivity contribution >= 4 is 5.91 Å². The van der Waals surface area contributed by atoms with Crippen molar-refractivity contribution in [3.05, 3.63) is 0 Å². The van der Waals surface area contributed by atoms with E-state index >= 15 is 0 Å². The molecule has 4 heteroatoms. The second kappa shape index (κ2) is 5.97. The monoisotopic (exact) mass is 174 g/mol. The molecule has 0 aromatic carbocycles. The van der Waals surface area contributed by atoms with Crippen LogP contribution in [0.25, 0.3) is 0 Å². The Morgan fingerprint density at radius 2 is 2.08 bits per heavy atom. The van der Waals surface area contributed by atoms with Crippen molar-refractivity contribution in [3.63, 3.8) is 0 Å². The van der Waals surface area contributed by atoms with Crippen LogP contribution in [-0.2, 0) is 4.79 Å². The number of amides is 1. The summed E-state index contributed by atoms with van der Waals surface area (Å²) in [6.07, 6.45) is 0.799. The Labute approximate surface area is 73.1 Å². The number of carbonyl (C=O) groups excluding carboxylic acids is 1. The van der Waals surface area contributed by atoms with E-state index in [-0.39, 0.29) is 5.91 Å². The molecule has 0 aliphatic heterocycles. The summed E-state index contributed by atoms with van der Waals surface area (Å²) in [7, 11) is 0. The molecule has 4 N–H and O–H groups in total. The van der Waals surface area contributed by atoms with Crippen molar-refractivity contribution in [3.8, 4) is 0 Å². The Balaban J connectivity index is 3.56. The van der Waals surface area contributed by atoms with Crippen molar-refractivity contribution < 1.29 is 9.90 Å². The Bertz CT molecular complexity index is 139. The highest BCUT2D eigenvalue weighted by molar-refractivity contribution is 5.81. The average Bonchev–Trinajstić information content (AvgIpc) is 2.11. The predicted octanol–water partition coefficient (Wildman–Crippen LogP) is -0.389. The van der Waals surface area contributed by atoms with Crippen molar-refractivity contribution in [1.82, 2.24) is 5.32 Å². The largest absolute Gasteiger partial charge is 0.391 e. The van der Waals surface area contributed by atoms with E-state index in [2.05, 4.69) is 5.32 Å². The van der Waals surface area contributed by atoms with Gasteiger partial charge in [0.2, 0.25) is 5.91 Å². The lowest BCUT2D eigenvalue weighted by atomic mass is 10.2. The Morgan fingerprint density at radius 3 is 2.50 bits per heavy atom. The van der Waals surface area contributed by atoms with Crippen LogP contribution in [0.1, 0.15) is 26.7 Å². The van der Waals surface area contributed by atoms with Crippen LogP contribution >= 0.6 is 0 Å². The molecule has 0 saturated heterocycles. The predicted molar refractivity (Wildman–Crippen MR) is 47.6 cm³/mol. The van der Waals surface area contributed by atoms with Crippen LogP contribution in [-0.4, -0.2) is 29.7 Å². The van der Waals surface area contributed by atoms with Crippen LogP contribution in [0, 0.1) is 0 Å². The normalized spacial score (nSPS) is 15.3. The van der Waals surface area contributed by atoms with Gasteiger partial charge in [0.1, 0.15) is 0 Å². The lowest BCUT2D eigenvalue weighted by molar-refractivity contribution is -0.122. The van der Waals surface area contributed by atoms with Crippen LogP contribution in [0.4, 0.5) is 0 Å². The molecule has 0 aliphatic carbocycles. The van der Waals surface area contributed by atoms with Crippen molar-refractivity contribution in [2.24, 2.45) is 5.73 Å². The second-order valence-electron chi connectivity index (χ2n) is 2.82. The number of nitrogens with two attached hydrogens (primary N) is 1. The standard InChI is InChI=1S/C8H18N2O2/c1-3-6(11)5-10-8(12)7(9)4-2/h6-7,11H,3-5,9H2,1-2H3,(H,10,12)/t6?,7-/m1/s1. The molecule has 0 aromatic rings. The zero-order chi connectivity index (χ0) is 9.56. The maximum absolute atomic E-state index is 11.0. The van der Waals surface area contributed by atoms with Gasteiger partial charge in [-0.3, -0.25) is 4.79 Å². The molecule has 0 heterocycles. The summed E-state index contributed by atoms with van der Waals surface area (Å²) in [5.41, 5.74) is 5.45. The first-order chi connectivity index (χ1) is 5.61. The lowest BCUT2D eigenvalue weighted by Gasteiger charge is -2.12. The van der Waals surface area contributed by atoms with Gasteiger partial charge in [0.25, 0.3) is 0 Å². The average molecular weight is 174 g/mol. The van der Waals surface area contributed by atoms with Crippen LogP contribution in [0.5, 0.6) is 0 Å². The molecule has 0 rings (SSSR count). The lowest BCUT2D eigenvalue weighted by Crippen LogP contribution is -2.42. The number of hydrogen-bond acceptors (Lipinski definition) is 3. The topological polar surface area (TPSA) is 75.3 Å². The minimum Gasteiger partial charge on any atom is -0.391 e. The summed E-state index contributed by atoms with van der Waals surface area (Å²) in [6.45, 7) is 4.00. The van der Waals surface area contributed by atoms with Gasteiger partial charge in [-0.05, 0) is 12.8 Å². The van der Waals surface area contributed by atoms with E-state index in [0.29, 0.717) is 19.4 Å². The van der Waals surface area contributed by atoms with Crippen LogP contribution in [0.2, 0.25) is 0 Å². The number of hydrogen-bond donors (Lipinski definition) is 3. The van der Waals surface area contributed by atoms with Gasteiger partial charge in [-0.15, -0.1) is 0 Å². The number of rotatable bonds is 5. The van der Waals surface area contributed by atoms with E-state index in [9.17, 15) is 4.79 Å². The maximum Gasteiger partial charge on any atom is 0.236 e. The highest BCUT2D eigenvalue weighted by atomic mass is 16.3. The van der Waals surface area contributed by atoms with E-state index in [0.717, 1.165) is 0 Å². The summed E-state index contributed by atoms with van der Waals surface area (Å²) in [6, 6.07) is -0.450. The molecule has 0 spiro atoms. The molecule has 2 atom stereocenters. The zero-order valence-electron chi connectivity index (χ0n) is 7.71. The van der Waals surface area contributed by atoms with Gasteiger partial charge >= 0.3 is 0 Å². The van der Waals surface area contributed by atoms with E-state index < -0.39 is 12.1 Å². The fraction of sp³-hybridized carbons (Fsp3) is 0.875. The third-order valence-corrected chi connectivity index (χ3v) is 1.76. The molecular weight excluding hydrogens is 156 g/mol. The third kappa shape index (κ3) is 4.31. The van der Waals surface area contributed by atoms with Gasteiger partial charge in [0.15, 0.2) is 0 Å². The third-order valence-electron chi connectivity index (χ3n) is 1.76. The first-order valence-corrected chi connectivity index (χ1v) is 4.33. The van der Waals surface area contributed by atoms with Gasteiger partial charge in [0.05, 0.1) is 12.1 Å². The van der Waals surface area contributed by atoms with E-state index in [1.807, 2.05) is 13.8 Å². The van der Waals surface area contributed by atoms with E-state index in [4.69, 9.17) is 10.8 Å². The number of aliphatic hydroxyl groups is 1. The van der Waals surface area contributed by atoms with Crippen molar-refractivity contribution in [2.45, 2.75) is 38.8 Å². The first kappa shape index (κ1) is 11.4. The highest BCUT2D eigenvalue weighted by Crippen LogP contribution is 1.89. The summed E-state index contributed by atoms with van der Waals surface area (Å²) in [5, 5.41) is 11.7. The van der Waals surface area contributed by atoms with Gasteiger partial charge in [-0.1, -0.05) is 13.8 Å². The molecule has 0 aromatic heterocycles. The Morgan fingerprint density at radius 1 is 1.50 bits per heavy atom. The van der Waals surface area contributed by atoms with Crippen molar-refractivity contribution in [1.29, 1.82) is 0 Å². The summed E-state index contributed by atoms with van der Waals surface area (Å²) in [4.78, 5) is 11.0. The fourth-order valence-corrected chi connectivity index (χ4v) is 0.679. The number of nitrogens with one attached hydrogen (secondary N) is 1. The molecule has 1 unspecified atom stereocenters. The molecule has 1 amide bonds. The molecule has 0 fully saturated rings. The molecule has 4 nitrogen and oxygen atoms in total. The second-order valence-corrected chi connectivity index (χ2v) is 2.82. The Kier molecular flexibility index (Phi) is 5.66. The Hall–Kier alpha value is -0.610. The van der Waals surface area contributed by atoms with Crippen LogP contribution < -0.4 is 11.1 Å². The summed E-state index contributed by atoms with van der Waals surface area (Å²) < 4.78 is 0. The van der Waals surface area contributed by atoms with Crippen LogP contribution in [0.3, 0.4) is 0 Å². The number of carbonyl (C=O) groups is 1. The molecule has 0 saturated carbocycles. The van der Waals surface area contributed by atoms with Gasteiger partial charge < -0.3 is 16.2 Å².